The van der Waals surface area contributed by atoms with Gasteiger partial charge in [0.1, 0.15) is 23.4 Å². The van der Waals surface area contributed by atoms with E-state index in [1.165, 1.54) is 0 Å². The molecule has 1 unspecified atom stereocenters. The topological polar surface area (TPSA) is 48.0 Å². The maximum Gasteiger partial charge on any atom is 0.254 e. The number of nitrogens with zero attached hydrogens (tertiary/aromatic N) is 1. The molecule has 1 saturated heterocycles. The predicted octanol–water partition coefficient (Wildman–Crippen LogP) is 3.39. The molecule has 3 rings (SSSR count). The van der Waals surface area contributed by atoms with E-state index in [0.29, 0.717) is 23.6 Å². The monoisotopic (exact) mass is 341 g/mol. The van der Waals surface area contributed by atoms with Crippen LogP contribution in [0.3, 0.4) is 0 Å². The minimum Gasteiger partial charge on any atom is -0.497 e. The molecule has 5 nitrogen and oxygen atoms in total. The van der Waals surface area contributed by atoms with Gasteiger partial charge in [-0.2, -0.15) is 0 Å². The van der Waals surface area contributed by atoms with Crippen LogP contribution in [0.1, 0.15) is 23.2 Å². The molecule has 0 N–H and O–H groups in total. The first-order chi connectivity index (χ1) is 12.2. The first-order valence-corrected chi connectivity index (χ1v) is 8.43. The number of carbonyl (C=O) groups is 1. The summed E-state index contributed by atoms with van der Waals surface area (Å²) in [6, 6.07) is 15.0. The Hall–Kier alpha value is -2.69. The molecule has 0 saturated carbocycles. The van der Waals surface area contributed by atoms with Crippen LogP contribution in [-0.4, -0.2) is 44.2 Å². The van der Waals surface area contributed by atoms with Gasteiger partial charge in [0.05, 0.1) is 20.8 Å². The van der Waals surface area contributed by atoms with Crippen LogP contribution < -0.4 is 14.2 Å². The van der Waals surface area contributed by atoms with E-state index in [1.807, 2.05) is 35.2 Å². The third-order valence-corrected chi connectivity index (χ3v) is 4.31. The van der Waals surface area contributed by atoms with Crippen molar-refractivity contribution >= 4 is 5.91 Å². The van der Waals surface area contributed by atoms with Crippen LogP contribution in [0.5, 0.6) is 17.2 Å². The minimum absolute atomic E-state index is 0.00704. The van der Waals surface area contributed by atoms with Gasteiger partial charge in [-0.15, -0.1) is 0 Å². The maximum absolute atomic E-state index is 12.9. The van der Waals surface area contributed by atoms with E-state index in [4.69, 9.17) is 14.2 Å². The van der Waals surface area contributed by atoms with Crippen LogP contribution in [0.25, 0.3) is 0 Å². The highest BCUT2D eigenvalue weighted by molar-refractivity contribution is 5.95. The SMILES string of the molecule is COc1cc(OC)cc(C(=O)N2CCCC(Oc3ccccc3)C2)c1. The van der Waals surface area contributed by atoms with Crippen molar-refractivity contribution in [3.05, 3.63) is 54.1 Å². The molecule has 0 aliphatic carbocycles. The van der Waals surface area contributed by atoms with E-state index in [9.17, 15) is 4.79 Å². The summed E-state index contributed by atoms with van der Waals surface area (Å²) in [5, 5.41) is 0. The molecule has 1 atom stereocenters. The van der Waals surface area contributed by atoms with Gasteiger partial charge in [0.2, 0.25) is 0 Å². The first kappa shape index (κ1) is 17.1. The Morgan fingerprint density at radius 2 is 1.68 bits per heavy atom. The molecule has 1 aliphatic heterocycles. The zero-order chi connectivity index (χ0) is 17.6. The van der Waals surface area contributed by atoms with Crippen LogP contribution >= 0.6 is 0 Å². The molecular formula is C20H23NO4. The lowest BCUT2D eigenvalue weighted by Crippen LogP contribution is -2.44. The van der Waals surface area contributed by atoms with Gasteiger partial charge in [0.15, 0.2) is 0 Å². The number of likely N-dealkylation sites (tertiary alicyclic amines) is 1. The van der Waals surface area contributed by atoms with Gasteiger partial charge < -0.3 is 19.1 Å². The fourth-order valence-electron chi connectivity index (χ4n) is 3.02. The van der Waals surface area contributed by atoms with Gasteiger partial charge in [0, 0.05) is 18.2 Å². The third-order valence-electron chi connectivity index (χ3n) is 4.31. The summed E-state index contributed by atoms with van der Waals surface area (Å²) >= 11 is 0. The number of carbonyl (C=O) groups excluding carboxylic acids is 1. The third kappa shape index (κ3) is 4.24. The molecule has 5 heteroatoms. The number of rotatable bonds is 5. The van der Waals surface area contributed by atoms with Gasteiger partial charge in [-0.3, -0.25) is 4.79 Å². The summed E-state index contributed by atoms with van der Waals surface area (Å²) in [6.07, 6.45) is 1.87. The maximum atomic E-state index is 12.9. The Balaban J connectivity index is 1.71. The van der Waals surface area contributed by atoms with E-state index in [2.05, 4.69) is 0 Å². The number of hydrogen-bond acceptors (Lipinski definition) is 4. The average molecular weight is 341 g/mol. The lowest BCUT2D eigenvalue weighted by molar-refractivity contribution is 0.0537. The molecule has 1 aliphatic rings. The van der Waals surface area contributed by atoms with Crippen LogP contribution in [0.2, 0.25) is 0 Å². The standard InChI is InChI=1S/C20H23NO4/c1-23-18-11-15(12-19(13-18)24-2)20(22)21-10-6-9-17(14-21)25-16-7-4-3-5-8-16/h3-5,7-8,11-13,17H,6,9-10,14H2,1-2H3. The van der Waals surface area contributed by atoms with Crippen LogP contribution in [0.4, 0.5) is 0 Å². The molecular weight excluding hydrogens is 318 g/mol. The number of amides is 1. The molecule has 0 bridgehead atoms. The fourth-order valence-corrected chi connectivity index (χ4v) is 3.02. The average Bonchev–Trinajstić information content (AvgIpc) is 2.68. The quantitative estimate of drug-likeness (QED) is 0.836. The van der Waals surface area contributed by atoms with Crippen molar-refractivity contribution in [2.45, 2.75) is 18.9 Å². The molecule has 1 amide bonds. The Morgan fingerprint density at radius 3 is 2.32 bits per heavy atom. The van der Waals surface area contributed by atoms with E-state index in [1.54, 1.807) is 32.4 Å². The van der Waals surface area contributed by atoms with Crippen molar-refractivity contribution in [2.75, 3.05) is 27.3 Å². The Bertz CT molecular complexity index is 695. The van der Waals surface area contributed by atoms with Crippen LogP contribution in [-0.2, 0) is 0 Å². The number of ether oxygens (including phenoxy) is 3. The van der Waals surface area contributed by atoms with Crippen molar-refractivity contribution in [3.8, 4) is 17.2 Å². The summed E-state index contributed by atoms with van der Waals surface area (Å²) in [5.41, 5.74) is 0.566. The van der Waals surface area contributed by atoms with Crippen molar-refractivity contribution in [3.63, 3.8) is 0 Å². The number of para-hydroxylation sites is 1. The predicted molar refractivity (Wildman–Crippen MR) is 95.5 cm³/mol. The first-order valence-electron chi connectivity index (χ1n) is 8.43. The normalized spacial score (nSPS) is 17.0. The molecule has 0 aromatic heterocycles. The number of benzene rings is 2. The van der Waals surface area contributed by atoms with E-state index < -0.39 is 0 Å². The highest BCUT2D eigenvalue weighted by Crippen LogP contribution is 2.25. The van der Waals surface area contributed by atoms with Crippen LogP contribution in [0, 0.1) is 0 Å². The van der Waals surface area contributed by atoms with Gasteiger partial charge in [-0.05, 0) is 37.1 Å². The summed E-state index contributed by atoms with van der Waals surface area (Å²) < 4.78 is 16.5. The summed E-state index contributed by atoms with van der Waals surface area (Å²) in [5.74, 6) is 2.03. The molecule has 2 aromatic carbocycles. The van der Waals surface area contributed by atoms with Crippen molar-refractivity contribution in [1.82, 2.24) is 4.90 Å². The molecule has 132 valence electrons. The van der Waals surface area contributed by atoms with Gasteiger partial charge in [-0.1, -0.05) is 18.2 Å². The lowest BCUT2D eigenvalue weighted by Gasteiger charge is -2.33. The fraction of sp³-hybridized carbons (Fsp3) is 0.350. The lowest BCUT2D eigenvalue weighted by atomic mass is 10.1. The molecule has 0 spiro atoms. The molecule has 1 fully saturated rings. The van der Waals surface area contributed by atoms with E-state index in [-0.39, 0.29) is 12.0 Å². The molecule has 1 heterocycles. The zero-order valence-electron chi connectivity index (χ0n) is 14.6. The number of hydrogen-bond donors (Lipinski definition) is 0. The Morgan fingerprint density at radius 1 is 1.00 bits per heavy atom. The van der Waals surface area contributed by atoms with E-state index in [0.717, 1.165) is 25.1 Å². The molecule has 25 heavy (non-hydrogen) atoms. The second-order valence-corrected chi connectivity index (χ2v) is 6.05. The van der Waals surface area contributed by atoms with Crippen LogP contribution in [0.15, 0.2) is 48.5 Å². The Kier molecular flexibility index (Phi) is 5.43. The van der Waals surface area contributed by atoms with Crippen molar-refractivity contribution < 1.29 is 19.0 Å². The highest BCUT2D eigenvalue weighted by atomic mass is 16.5. The van der Waals surface area contributed by atoms with E-state index >= 15 is 0 Å². The summed E-state index contributed by atoms with van der Waals surface area (Å²) in [6.45, 7) is 1.31. The highest BCUT2D eigenvalue weighted by Gasteiger charge is 2.26. The smallest absolute Gasteiger partial charge is 0.254 e. The number of piperidine rings is 1. The van der Waals surface area contributed by atoms with Gasteiger partial charge in [-0.25, -0.2) is 0 Å². The molecule has 2 aromatic rings. The summed E-state index contributed by atoms with van der Waals surface area (Å²) in [7, 11) is 3.15. The zero-order valence-corrected chi connectivity index (χ0v) is 14.6. The minimum atomic E-state index is -0.0291. The number of methoxy groups -OCH3 is 2. The Labute approximate surface area is 148 Å². The summed E-state index contributed by atoms with van der Waals surface area (Å²) in [4.78, 5) is 14.7. The second kappa shape index (κ2) is 7.92. The van der Waals surface area contributed by atoms with Gasteiger partial charge in [0.25, 0.3) is 5.91 Å². The van der Waals surface area contributed by atoms with Crippen molar-refractivity contribution in [2.24, 2.45) is 0 Å². The van der Waals surface area contributed by atoms with Gasteiger partial charge >= 0.3 is 0 Å². The largest absolute Gasteiger partial charge is 0.497 e. The van der Waals surface area contributed by atoms with Crippen molar-refractivity contribution in [1.29, 1.82) is 0 Å². The molecule has 0 radical (unpaired) electrons. The second-order valence-electron chi connectivity index (χ2n) is 6.05.